The molecule has 2 N–H and O–H groups in total. The van der Waals surface area contributed by atoms with Crippen LogP contribution in [0.2, 0.25) is 0 Å². The number of hydrogen-bond donors (Lipinski definition) is 2. The lowest BCUT2D eigenvalue weighted by Crippen LogP contribution is -2.12. The summed E-state index contributed by atoms with van der Waals surface area (Å²) in [4.78, 5) is 0. The maximum Gasteiger partial charge on any atom is 0.161 e. The van der Waals surface area contributed by atoms with Crippen molar-refractivity contribution >= 4 is 0 Å². The first-order valence-corrected chi connectivity index (χ1v) is 8.18. The Hall–Kier alpha value is -1.60. The summed E-state index contributed by atoms with van der Waals surface area (Å²) in [5, 5.41) is 18.0. The van der Waals surface area contributed by atoms with Crippen molar-refractivity contribution in [1.82, 2.24) is 0 Å². The van der Waals surface area contributed by atoms with Gasteiger partial charge in [0.2, 0.25) is 0 Å². The summed E-state index contributed by atoms with van der Waals surface area (Å²) in [5.74, 6) is 1.06. The number of rotatable bonds is 15. The topological polar surface area (TPSA) is 77.4 Å². The fourth-order valence-corrected chi connectivity index (χ4v) is 1.90. The second kappa shape index (κ2) is 13.8. The lowest BCUT2D eigenvalue weighted by Gasteiger charge is -2.13. The number of unbranched alkanes of at least 4 members (excludes halogenated alkanes) is 1. The molecule has 0 aromatic heterocycles. The van der Waals surface area contributed by atoms with Gasteiger partial charge in [0.25, 0.3) is 0 Å². The number of aliphatic hydroxyl groups is 2. The molecular formula is C18H28O6. The summed E-state index contributed by atoms with van der Waals surface area (Å²) in [5.41, 5.74) is 0.732. The van der Waals surface area contributed by atoms with Crippen molar-refractivity contribution < 1.29 is 29.2 Å². The molecule has 0 fully saturated rings. The van der Waals surface area contributed by atoms with E-state index >= 15 is 0 Å². The van der Waals surface area contributed by atoms with E-state index in [0.717, 1.165) is 18.4 Å². The number of allylic oxidation sites excluding steroid dienone is 1. The van der Waals surface area contributed by atoms with Crippen LogP contribution in [0.15, 0.2) is 30.9 Å². The van der Waals surface area contributed by atoms with Gasteiger partial charge in [-0.3, -0.25) is 0 Å². The second-order valence-corrected chi connectivity index (χ2v) is 5.02. The van der Waals surface area contributed by atoms with Crippen molar-refractivity contribution in [3.8, 4) is 11.5 Å². The minimum Gasteiger partial charge on any atom is -0.487 e. The predicted octanol–water partition coefficient (Wildman–Crippen LogP) is 1.93. The highest BCUT2D eigenvalue weighted by atomic mass is 16.6. The zero-order chi connectivity index (χ0) is 17.5. The number of ether oxygens (including phenoxy) is 4. The van der Waals surface area contributed by atoms with Crippen LogP contribution in [0, 0.1) is 0 Å². The van der Waals surface area contributed by atoms with Gasteiger partial charge >= 0.3 is 0 Å². The van der Waals surface area contributed by atoms with Gasteiger partial charge in [-0.05, 0) is 30.5 Å². The SMILES string of the molecule is C=CCCCOCCOCCOc1cc(CO)ccc1OCCO. The summed E-state index contributed by atoms with van der Waals surface area (Å²) < 4.78 is 21.9. The van der Waals surface area contributed by atoms with E-state index < -0.39 is 0 Å². The van der Waals surface area contributed by atoms with Crippen LogP contribution >= 0.6 is 0 Å². The van der Waals surface area contributed by atoms with Crippen LogP contribution in [0.3, 0.4) is 0 Å². The summed E-state index contributed by atoms with van der Waals surface area (Å²) in [7, 11) is 0. The Morgan fingerprint density at radius 3 is 2.29 bits per heavy atom. The molecule has 0 amide bonds. The summed E-state index contributed by atoms with van der Waals surface area (Å²) in [6, 6.07) is 5.18. The first kappa shape index (κ1) is 20.4. The standard InChI is InChI=1S/C18H28O6/c1-2-3-4-8-21-10-11-22-12-13-24-18-14-16(15-20)5-6-17(18)23-9-7-19/h2,5-6,14,19-20H,1,3-4,7-13,15H2. The van der Waals surface area contributed by atoms with Crippen LogP contribution in [-0.2, 0) is 16.1 Å². The molecule has 0 aliphatic heterocycles. The van der Waals surface area contributed by atoms with Crippen molar-refractivity contribution in [3.63, 3.8) is 0 Å². The molecule has 1 aromatic rings. The largest absolute Gasteiger partial charge is 0.487 e. The molecule has 24 heavy (non-hydrogen) atoms. The molecule has 0 radical (unpaired) electrons. The van der Waals surface area contributed by atoms with E-state index in [1.807, 2.05) is 6.08 Å². The zero-order valence-corrected chi connectivity index (χ0v) is 14.1. The Balaban J connectivity index is 2.22. The second-order valence-electron chi connectivity index (χ2n) is 5.02. The fraction of sp³-hybridized carbons (Fsp3) is 0.556. The summed E-state index contributed by atoms with van der Waals surface area (Å²) >= 11 is 0. The van der Waals surface area contributed by atoms with Crippen molar-refractivity contribution in [3.05, 3.63) is 36.4 Å². The van der Waals surface area contributed by atoms with Crippen molar-refractivity contribution in [1.29, 1.82) is 0 Å². The molecular weight excluding hydrogens is 312 g/mol. The minimum absolute atomic E-state index is 0.0723. The van der Waals surface area contributed by atoms with Gasteiger partial charge in [-0.25, -0.2) is 0 Å². The molecule has 0 heterocycles. The molecule has 0 atom stereocenters. The molecule has 0 spiro atoms. The van der Waals surface area contributed by atoms with Gasteiger partial charge in [0.15, 0.2) is 11.5 Å². The van der Waals surface area contributed by atoms with E-state index in [0.29, 0.717) is 44.5 Å². The van der Waals surface area contributed by atoms with Crippen LogP contribution in [0.25, 0.3) is 0 Å². The molecule has 136 valence electrons. The molecule has 6 nitrogen and oxygen atoms in total. The average molecular weight is 340 g/mol. The first-order valence-electron chi connectivity index (χ1n) is 8.18. The smallest absolute Gasteiger partial charge is 0.161 e. The first-order chi connectivity index (χ1) is 11.8. The molecule has 1 aromatic carbocycles. The third-order valence-electron chi connectivity index (χ3n) is 3.09. The lowest BCUT2D eigenvalue weighted by molar-refractivity contribution is 0.0354. The minimum atomic E-state index is -0.0731. The molecule has 0 aliphatic rings. The van der Waals surface area contributed by atoms with E-state index in [4.69, 9.17) is 24.1 Å². The van der Waals surface area contributed by atoms with Crippen LogP contribution < -0.4 is 9.47 Å². The Kier molecular flexibility index (Phi) is 11.8. The van der Waals surface area contributed by atoms with Gasteiger partial charge < -0.3 is 29.2 Å². The average Bonchev–Trinajstić information content (AvgIpc) is 2.62. The molecule has 1 rings (SSSR count). The van der Waals surface area contributed by atoms with Gasteiger partial charge in [0.1, 0.15) is 13.2 Å². The maximum atomic E-state index is 9.19. The molecule has 6 heteroatoms. The van der Waals surface area contributed by atoms with Gasteiger partial charge in [-0.2, -0.15) is 0 Å². The highest BCUT2D eigenvalue weighted by Gasteiger charge is 2.06. The van der Waals surface area contributed by atoms with Crippen molar-refractivity contribution in [2.24, 2.45) is 0 Å². The number of hydrogen-bond acceptors (Lipinski definition) is 6. The van der Waals surface area contributed by atoms with E-state index in [2.05, 4.69) is 6.58 Å². The summed E-state index contributed by atoms with van der Waals surface area (Å²) in [6.07, 6.45) is 3.81. The Labute approximate surface area is 143 Å². The van der Waals surface area contributed by atoms with Crippen LogP contribution in [0.5, 0.6) is 11.5 Å². The van der Waals surface area contributed by atoms with Crippen molar-refractivity contribution in [2.45, 2.75) is 19.4 Å². The fourth-order valence-electron chi connectivity index (χ4n) is 1.90. The lowest BCUT2D eigenvalue weighted by atomic mass is 10.2. The van der Waals surface area contributed by atoms with Crippen LogP contribution in [0.1, 0.15) is 18.4 Å². The predicted molar refractivity (Wildman–Crippen MR) is 91.5 cm³/mol. The van der Waals surface area contributed by atoms with Gasteiger partial charge in [-0.15, -0.1) is 6.58 Å². The highest BCUT2D eigenvalue weighted by molar-refractivity contribution is 5.42. The van der Waals surface area contributed by atoms with Gasteiger partial charge in [0.05, 0.1) is 33.0 Å². The van der Waals surface area contributed by atoms with Gasteiger partial charge in [0, 0.05) is 6.61 Å². The van der Waals surface area contributed by atoms with Crippen LogP contribution in [0.4, 0.5) is 0 Å². The Morgan fingerprint density at radius 1 is 0.875 bits per heavy atom. The normalized spacial score (nSPS) is 10.6. The summed E-state index contributed by atoms with van der Waals surface area (Å²) in [6.45, 7) is 6.28. The third-order valence-corrected chi connectivity index (χ3v) is 3.09. The van der Waals surface area contributed by atoms with E-state index in [9.17, 15) is 5.11 Å². The van der Waals surface area contributed by atoms with E-state index in [1.165, 1.54) is 0 Å². The molecule has 0 unspecified atom stereocenters. The monoisotopic (exact) mass is 340 g/mol. The maximum absolute atomic E-state index is 9.19. The van der Waals surface area contributed by atoms with Crippen LogP contribution in [-0.4, -0.2) is 56.5 Å². The van der Waals surface area contributed by atoms with E-state index in [1.54, 1.807) is 18.2 Å². The third kappa shape index (κ3) is 8.88. The quantitative estimate of drug-likeness (QED) is 0.375. The molecule has 0 aliphatic carbocycles. The zero-order valence-electron chi connectivity index (χ0n) is 14.1. The van der Waals surface area contributed by atoms with Gasteiger partial charge in [-0.1, -0.05) is 12.1 Å². The molecule has 0 bridgehead atoms. The molecule has 0 saturated heterocycles. The number of benzene rings is 1. The highest BCUT2D eigenvalue weighted by Crippen LogP contribution is 2.28. The Morgan fingerprint density at radius 2 is 1.58 bits per heavy atom. The number of aliphatic hydroxyl groups excluding tert-OH is 2. The molecule has 0 saturated carbocycles. The Bertz CT molecular complexity index is 449. The van der Waals surface area contributed by atoms with Crippen molar-refractivity contribution in [2.75, 3.05) is 46.2 Å². The van der Waals surface area contributed by atoms with E-state index in [-0.39, 0.29) is 19.8 Å².